The van der Waals surface area contributed by atoms with E-state index in [0.29, 0.717) is 6.04 Å². The summed E-state index contributed by atoms with van der Waals surface area (Å²) >= 11 is 2.14. The second-order valence-electron chi connectivity index (χ2n) is 6.31. The van der Waals surface area contributed by atoms with Gasteiger partial charge in [-0.15, -0.1) is 0 Å². The number of thioether (sulfide) groups is 1. The van der Waals surface area contributed by atoms with Crippen LogP contribution < -0.4 is 10.1 Å². The Balaban J connectivity index is 2.01. The monoisotopic (exact) mass is 307 g/mol. The number of rotatable bonds is 6. The van der Waals surface area contributed by atoms with Crippen LogP contribution in [0.25, 0.3) is 0 Å². The van der Waals surface area contributed by atoms with E-state index >= 15 is 0 Å². The predicted molar refractivity (Wildman–Crippen MR) is 93.4 cm³/mol. The zero-order valence-corrected chi connectivity index (χ0v) is 14.6. The molecule has 0 amide bonds. The molecule has 0 heterocycles. The SMILES string of the molecule is CNC(CSC1CCCC(C)C1)c1cc(C)ccc1OC. The van der Waals surface area contributed by atoms with E-state index in [1.807, 2.05) is 0 Å². The van der Waals surface area contributed by atoms with Gasteiger partial charge in [-0.3, -0.25) is 0 Å². The first-order valence-corrected chi connectivity index (χ1v) is 9.12. The average molecular weight is 308 g/mol. The van der Waals surface area contributed by atoms with Crippen LogP contribution in [0.1, 0.15) is 49.8 Å². The largest absolute Gasteiger partial charge is 0.496 e. The van der Waals surface area contributed by atoms with Crippen LogP contribution in [0.3, 0.4) is 0 Å². The van der Waals surface area contributed by atoms with Crippen LogP contribution in [0.5, 0.6) is 5.75 Å². The molecule has 2 nitrogen and oxygen atoms in total. The van der Waals surface area contributed by atoms with Crippen molar-refractivity contribution in [1.29, 1.82) is 0 Å². The third-order valence-corrected chi connectivity index (χ3v) is 5.92. The van der Waals surface area contributed by atoms with Gasteiger partial charge < -0.3 is 10.1 Å². The molecule has 0 spiro atoms. The summed E-state index contributed by atoms with van der Waals surface area (Å²) in [5, 5.41) is 4.30. The maximum atomic E-state index is 5.54. The van der Waals surface area contributed by atoms with E-state index in [-0.39, 0.29) is 0 Å². The summed E-state index contributed by atoms with van der Waals surface area (Å²) in [6, 6.07) is 6.82. The van der Waals surface area contributed by atoms with Gasteiger partial charge in [0.2, 0.25) is 0 Å². The summed E-state index contributed by atoms with van der Waals surface area (Å²) in [7, 11) is 3.81. The molecule has 21 heavy (non-hydrogen) atoms. The lowest BCUT2D eigenvalue weighted by atomic mass is 9.91. The molecule has 3 heteroatoms. The lowest BCUT2D eigenvalue weighted by molar-refractivity contribution is 0.393. The minimum Gasteiger partial charge on any atom is -0.496 e. The first-order valence-electron chi connectivity index (χ1n) is 8.07. The molecular formula is C18H29NOS. The first kappa shape index (κ1) is 16.7. The highest BCUT2D eigenvalue weighted by Crippen LogP contribution is 2.35. The summed E-state index contributed by atoms with van der Waals surface area (Å²) in [6.07, 6.45) is 5.58. The molecule has 118 valence electrons. The van der Waals surface area contributed by atoms with Gasteiger partial charge in [-0.05, 0) is 38.8 Å². The minimum absolute atomic E-state index is 0.363. The molecule has 1 N–H and O–H groups in total. The fourth-order valence-electron chi connectivity index (χ4n) is 3.22. The summed E-state index contributed by atoms with van der Waals surface area (Å²) in [5.74, 6) is 3.02. The highest BCUT2D eigenvalue weighted by molar-refractivity contribution is 7.99. The Morgan fingerprint density at radius 2 is 2.19 bits per heavy atom. The normalized spacial score (nSPS) is 23.8. The van der Waals surface area contributed by atoms with E-state index in [0.717, 1.165) is 22.7 Å². The van der Waals surface area contributed by atoms with Crippen molar-refractivity contribution in [2.75, 3.05) is 19.9 Å². The molecule has 1 aliphatic rings. The predicted octanol–water partition coefficient (Wildman–Crippen LogP) is 4.58. The molecular weight excluding hydrogens is 278 g/mol. The van der Waals surface area contributed by atoms with Gasteiger partial charge in [0.1, 0.15) is 5.75 Å². The average Bonchev–Trinajstić information content (AvgIpc) is 2.48. The Hall–Kier alpha value is -0.670. The van der Waals surface area contributed by atoms with Gasteiger partial charge in [-0.1, -0.05) is 37.5 Å². The molecule has 0 aromatic heterocycles. The Morgan fingerprint density at radius 3 is 2.86 bits per heavy atom. The van der Waals surface area contributed by atoms with Gasteiger partial charge in [0.15, 0.2) is 0 Å². The van der Waals surface area contributed by atoms with Gasteiger partial charge in [-0.2, -0.15) is 11.8 Å². The summed E-state index contributed by atoms with van der Waals surface area (Å²) < 4.78 is 5.54. The zero-order valence-electron chi connectivity index (χ0n) is 13.8. The third kappa shape index (κ3) is 4.65. The van der Waals surface area contributed by atoms with Gasteiger partial charge in [0, 0.05) is 22.6 Å². The van der Waals surface area contributed by atoms with Gasteiger partial charge >= 0.3 is 0 Å². The van der Waals surface area contributed by atoms with E-state index < -0.39 is 0 Å². The fraction of sp³-hybridized carbons (Fsp3) is 0.667. The van der Waals surface area contributed by atoms with Crippen molar-refractivity contribution in [1.82, 2.24) is 5.32 Å². The van der Waals surface area contributed by atoms with E-state index in [1.165, 1.54) is 36.8 Å². The van der Waals surface area contributed by atoms with Crippen molar-refractivity contribution in [2.24, 2.45) is 5.92 Å². The maximum absolute atomic E-state index is 5.54. The molecule has 1 aromatic rings. The smallest absolute Gasteiger partial charge is 0.123 e. The van der Waals surface area contributed by atoms with Crippen LogP contribution in [0.4, 0.5) is 0 Å². The molecule has 3 unspecified atom stereocenters. The quantitative estimate of drug-likeness (QED) is 0.831. The zero-order chi connectivity index (χ0) is 15.2. The van der Waals surface area contributed by atoms with E-state index in [2.05, 4.69) is 56.2 Å². The van der Waals surface area contributed by atoms with Crippen molar-refractivity contribution in [3.05, 3.63) is 29.3 Å². The van der Waals surface area contributed by atoms with Crippen LogP contribution in [-0.2, 0) is 0 Å². The van der Waals surface area contributed by atoms with E-state index in [1.54, 1.807) is 7.11 Å². The van der Waals surface area contributed by atoms with Crippen molar-refractivity contribution in [3.63, 3.8) is 0 Å². The summed E-state index contributed by atoms with van der Waals surface area (Å²) in [5.41, 5.74) is 2.58. The molecule has 1 aromatic carbocycles. The van der Waals surface area contributed by atoms with Crippen LogP contribution in [-0.4, -0.2) is 25.2 Å². The lowest BCUT2D eigenvalue weighted by Gasteiger charge is -2.28. The number of methoxy groups -OCH3 is 1. The molecule has 0 radical (unpaired) electrons. The van der Waals surface area contributed by atoms with Crippen LogP contribution in [0.2, 0.25) is 0 Å². The van der Waals surface area contributed by atoms with Gasteiger partial charge in [-0.25, -0.2) is 0 Å². The second-order valence-corrected chi connectivity index (χ2v) is 7.65. The molecule has 0 saturated heterocycles. The number of hydrogen-bond acceptors (Lipinski definition) is 3. The molecule has 1 saturated carbocycles. The summed E-state index contributed by atoms with van der Waals surface area (Å²) in [4.78, 5) is 0. The van der Waals surface area contributed by atoms with Gasteiger partial charge in [0.25, 0.3) is 0 Å². The maximum Gasteiger partial charge on any atom is 0.123 e. The van der Waals surface area contributed by atoms with Crippen LogP contribution in [0, 0.1) is 12.8 Å². The third-order valence-electron chi connectivity index (χ3n) is 4.50. The molecule has 0 bridgehead atoms. The first-order chi connectivity index (χ1) is 10.1. The molecule has 3 atom stereocenters. The van der Waals surface area contributed by atoms with Crippen molar-refractivity contribution in [3.8, 4) is 5.75 Å². The van der Waals surface area contributed by atoms with E-state index in [4.69, 9.17) is 4.74 Å². The number of hydrogen-bond donors (Lipinski definition) is 1. The number of ether oxygens (including phenoxy) is 1. The Morgan fingerprint density at radius 1 is 1.38 bits per heavy atom. The standard InChI is InChI=1S/C18H29NOS/c1-13-6-5-7-15(10-13)21-12-17(19-3)16-11-14(2)8-9-18(16)20-4/h8-9,11,13,15,17,19H,5-7,10,12H2,1-4H3. The van der Waals surface area contributed by atoms with Gasteiger partial charge in [0.05, 0.1) is 7.11 Å². The Bertz CT molecular complexity index is 449. The fourth-order valence-corrected chi connectivity index (χ4v) is 4.83. The number of nitrogens with one attached hydrogen (secondary N) is 1. The Labute approximate surface area is 134 Å². The topological polar surface area (TPSA) is 21.3 Å². The second kappa shape index (κ2) is 8.09. The molecule has 1 fully saturated rings. The Kier molecular flexibility index (Phi) is 6.43. The highest BCUT2D eigenvalue weighted by atomic mass is 32.2. The van der Waals surface area contributed by atoms with Crippen LogP contribution >= 0.6 is 11.8 Å². The van der Waals surface area contributed by atoms with Crippen LogP contribution in [0.15, 0.2) is 18.2 Å². The number of aryl methyl sites for hydroxylation is 1. The van der Waals surface area contributed by atoms with Crippen molar-refractivity contribution >= 4 is 11.8 Å². The highest BCUT2D eigenvalue weighted by Gasteiger charge is 2.22. The number of benzene rings is 1. The van der Waals surface area contributed by atoms with E-state index in [9.17, 15) is 0 Å². The molecule has 1 aliphatic carbocycles. The van der Waals surface area contributed by atoms with Crippen molar-refractivity contribution < 1.29 is 4.74 Å². The lowest BCUT2D eigenvalue weighted by Crippen LogP contribution is -2.22. The molecule has 0 aliphatic heterocycles. The minimum atomic E-state index is 0.363. The molecule has 2 rings (SSSR count). The van der Waals surface area contributed by atoms with Crippen molar-refractivity contribution in [2.45, 2.75) is 50.8 Å². The summed E-state index contributed by atoms with van der Waals surface area (Å²) in [6.45, 7) is 4.54.